The molecule has 2 N–H and O–H groups in total. The van der Waals surface area contributed by atoms with E-state index in [9.17, 15) is 4.39 Å². The van der Waals surface area contributed by atoms with Gasteiger partial charge in [-0.25, -0.2) is 4.39 Å². The monoisotopic (exact) mass is 359 g/mol. The molecule has 4 nitrogen and oxygen atoms in total. The van der Waals surface area contributed by atoms with Crippen molar-refractivity contribution in [3.63, 3.8) is 0 Å². The van der Waals surface area contributed by atoms with E-state index in [1.165, 1.54) is 6.07 Å². The molecule has 0 atom stereocenters. The Balaban J connectivity index is 2.43. The Morgan fingerprint density at radius 3 is 2.86 bits per heavy atom. The van der Waals surface area contributed by atoms with Gasteiger partial charge in [-0.15, -0.1) is 0 Å². The summed E-state index contributed by atoms with van der Waals surface area (Å²) in [6.07, 6.45) is 0.598. The first-order valence-electron chi connectivity index (χ1n) is 7.21. The molecule has 21 heavy (non-hydrogen) atoms. The average Bonchev–Trinajstić information content (AvgIpc) is 2.47. The zero-order chi connectivity index (χ0) is 15.5. The fraction of sp³-hybridized carbons (Fsp3) is 0.533. The third kappa shape index (κ3) is 7.43. The molecule has 0 unspecified atom stereocenters. The van der Waals surface area contributed by atoms with Gasteiger partial charge in [-0.05, 0) is 44.0 Å². The van der Waals surface area contributed by atoms with Gasteiger partial charge < -0.3 is 15.4 Å². The molecule has 0 heterocycles. The van der Waals surface area contributed by atoms with Crippen LogP contribution in [0.5, 0.6) is 0 Å². The van der Waals surface area contributed by atoms with E-state index in [0.717, 1.165) is 17.0 Å². The first-order valence-corrected chi connectivity index (χ1v) is 8.00. The molecule has 1 rings (SSSR count). The van der Waals surface area contributed by atoms with Crippen molar-refractivity contribution in [2.45, 2.75) is 20.3 Å². The Kier molecular flexibility index (Phi) is 9.01. The highest BCUT2D eigenvalue weighted by atomic mass is 79.9. The van der Waals surface area contributed by atoms with Crippen LogP contribution in [-0.4, -0.2) is 38.8 Å². The average molecular weight is 360 g/mol. The number of guanidine groups is 1. The molecular formula is C15H23BrFN3O. The number of benzene rings is 1. The molecule has 6 heteroatoms. The van der Waals surface area contributed by atoms with Crippen LogP contribution in [0.1, 0.15) is 19.4 Å². The molecule has 0 bridgehead atoms. The van der Waals surface area contributed by atoms with Crippen molar-refractivity contribution in [3.8, 4) is 0 Å². The third-order valence-corrected chi connectivity index (χ3v) is 3.24. The van der Waals surface area contributed by atoms with Crippen LogP contribution in [0.25, 0.3) is 0 Å². The molecule has 0 spiro atoms. The van der Waals surface area contributed by atoms with Gasteiger partial charge in [0.15, 0.2) is 5.96 Å². The lowest BCUT2D eigenvalue weighted by Crippen LogP contribution is -2.38. The number of hydrogen-bond donors (Lipinski definition) is 2. The van der Waals surface area contributed by atoms with Crippen LogP contribution in [0, 0.1) is 5.82 Å². The first-order chi connectivity index (χ1) is 10.2. The van der Waals surface area contributed by atoms with Gasteiger partial charge in [-0.1, -0.05) is 15.9 Å². The van der Waals surface area contributed by atoms with Crippen molar-refractivity contribution < 1.29 is 9.13 Å². The minimum Gasteiger partial charge on any atom is -0.380 e. The Morgan fingerprint density at radius 1 is 1.33 bits per heavy atom. The van der Waals surface area contributed by atoms with Crippen molar-refractivity contribution in [2.75, 3.05) is 32.8 Å². The van der Waals surface area contributed by atoms with Crippen molar-refractivity contribution in [1.82, 2.24) is 10.6 Å². The van der Waals surface area contributed by atoms with Crippen LogP contribution in [0.3, 0.4) is 0 Å². The number of aliphatic imine (C=N–C) groups is 1. The van der Waals surface area contributed by atoms with Crippen LogP contribution < -0.4 is 10.6 Å². The van der Waals surface area contributed by atoms with Gasteiger partial charge in [0.25, 0.3) is 0 Å². The number of ether oxygens (including phenoxy) is 1. The largest absolute Gasteiger partial charge is 0.380 e. The van der Waals surface area contributed by atoms with Crippen molar-refractivity contribution in [1.29, 1.82) is 0 Å². The van der Waals surface area contributed by atoms with Crippen LogP contribution in [0.2, 0.25) is 0 Å². The van der Waals surface area contributed by atoms with Gasteiger partial charge in [0.2, 0.25) is 0 Å². The minimum atomic E-state index is -0.182. The number of rotatable bonds is 8. The summed E-state index contributed by atoms with van der Waals surface area (Å²) >= 11 is 3.35. The number of hydrogen-bond acceptors (Lipinski definition) is 2. The molecule has 118 valence electrons. The van der Waals surface area contributed by atoms with Crippen LogP contribution >= 0.6 is 15.9 Å². The Bertz CT molecular complexity index is 455. The Hall–Kier alpha value is -1.14. The van der Waals surface area contributed by atoms with Crippen LogP contribution in [0.15, 0.2) is 27.7 Å². The quantitative estimate of drug-likeness (QED) is 0.426. The van der Waals surface area contributed by atoms with Crippen molar-refractivity contribution in [2.24, 2.45) is 4.99 Å². The molecule has 1 aromatic rings. The second-order valence-electron chi connectivity index (χ2n) is 4.37. The molecule has 0 fully saturated rings. The maximum Gasteiger partial charge on any atom is 0.191 e. The van der Waals surface area contributed by atoms with E-state index in [1.807, 2.05) is 13.8 Å². The van der Waals surface area contributed by atoms with E-state index in [2.05, 4.69) is 31.6 Å². The second-order valence-corrected chi connectivity index (χ2v) is 5.29. The standard InChI is InChI=1S/C15H23BrFN3O/c1-3-18-15(20-9-10-21-4-2)19-8-7-12-11-13(16)5-6-14(12)17/h5-6,11H,3-4,7-10H2,1-2H3,(H2,18,19,20). The Labute approximate surface area is 134 Å². The maximum absolute atomic E-state index is 13.6. The van der Waals surface area contributed by atoms with Gasteiger partial charge in [0.05, 0.1) is 13.2 Å². The normalized spacial score (nSPS) is 11.5. The fourth-order valence-corrected chi connectivity index (χ4v) is 2.17. The second kappa shape index (κ2) is 10.6. The zero-order valence-corrected chi connectivity index (χ0v) is 14.2. The van der Waals surface area contributed by atoms with Crippen molar-refractivity contribution >= 4 is 21.9 Å². The molecule has 0 aliphatic rings. The topological polar surface area (TPSA) is 45.7 Å². The molecule has 0 amide bonds. The van der Waals surface area contributed by atoms with E-state index in [-0.39, 0.29) is 5.82 Å². The lowest BCUT2D eigenvalue weighted by atomic mass is 10.1. The van der Waals surface area contributed by atoms with Gasteiger partial charge in [-0.3, -0.25) is 4.99 Å². The molecule has 0 aliphatic heterocycles. The summed E-state index contributed by atoms with van der Waals surface area (Å²) in [7, 11) is 0. The molecular weight excluding hydrogens is 337 g/mol. The van der Waals surface area contributed by atoms with E-state index >= 15 is 0 Å². The molecule has 0 aromatic heterocycles. The molecule has 0 radical (unpaired) electrons. The van der Waals surface area contributed by atoms with Crippen LogP contribution in [0.4, 0.5) is 4.39 Å². The minimum absolute atomic E-state index is 0.182. The van der Waals surface area contributed by atoms with Gasteiger partial charge in [0, 0.05) is 24.2 Å². The SMILES string of the molecule is CCNC(=NCCOCC)NCCc1cc(Br)ccc1F. The predicted octanol–water partition coefficient (Wildman–Crippen LogP) is 2.72. The first kappa shape index (κ1) is 17.9. The summed E-state index contributed by atoms with van der Waals surface area (Å²) in [4.78, 5) is 4.39. The van der Waals surface area contributed by atoms with E-state index in [1.54, 1.807) is 12.1 Å². The lowest BCUT2D eigenvalue weighted by Gasteiger charge is -2.11. The highest BCUT2D eigenvalue weighted by Crippen LogP contribution is 2.15. The van der Waals surface area contributed by atoms with E-state index in [4.69, 9.17) is 4.74 Å². The summed E-state index contributed by atoms with van der Waals surface area (Å²) in [6, 6.07) is 4.97. The number of nitrogens with zero attached hydrogens (tertiary/aromatic N) is 1. The summed E-state index contributed by atoms with van der Waals surface area (Å²) in [5.41, 5.74) is 0.682. The molecule has 1 aromatic carbocycles. The van der Waals surface area contributed by atoms with E-state index in [0.29, 0.717) is 38.3 Å². The lowest BCUT2D eigenvalue weighted by molar-refractivity contribution is 0.155. The molecule has 0 saturated carbocycles. The number of halogens is 2. The van der Waals surface area contributed by atoms with Crippen molar-refractivity contribution in [3.05, 3.63) is 34.1 Å². The molecule has 0 aliphatic carbocycles. The summed E-state index contributed by atoms with van der Waals surface area (Å²) in [5, 5.41) is 6.35. The zero-order valence-electron chi connectivity index (χ0n) is 12.6. The summed E-state index contributed by atoms with van der Waals surface area (Å²) in [5.74, 6) is 0.547. The van der Waals surface area contributed by atoms with Crippen LogP contribution in [-0.2, 0) is 11.2 Å². The number of nitrogens with one attached hydrogen (secondary N) is 2. The van der Waals surface area contributed by atoms with Gasteiger partial charge >= 0.3 is 0 Å². The van der Waals surface area contributed by atoms with Gasteiger partial charge in [0.1, 0.15) is 5.82 Å². The highest BCUT2D eigenvalue weighted by molar-refractivity contribution is 9.10. The smallest absolute Gasteiger partial charge is 0.191 e. The predicted molar refractivity (Wildman–Crippen MR) is 88.3 cm³/mol. The third-order valence-electron chi connectivity index (χ3n) is 2.75. The summed E-state index contributed by atoms with van der Waals surface area (Å²) in [6.45, 7) is 7.27. The molecule has 0 saturated heterocycles. The Morgan fingerprint density at radius 2 is 2.14 bits per heavy atom. The summed E-state index contributed by atoms with van der Waals surface area (Å²) < 4.78 is 19.8. The van der Waals surface area contributed by atoms with Gasteiger partial charge in [-0.2, -0.15) is 0 Å². The van der Waals surface area contributed by atoms with E-state index < -0.39 is 0 Å². The highest BCUT2D eigenvalue weighted by Gasteiger charge is 2.03. The fourth-order valence-electron chi connectivity index (χ4n) is 1.76. The maximum atomic E-state index is 13.6.